The molecule has 2 heterocycles. The normalized spacial score (nSPS) is 11.4. The molecular formula is C16H14F3N5O. The maximum atomic E-state index is 13.1. The first-order valence-corrected chi connectivity index (χ1v) is 7.30. The second kappa shape index (κ2) is 6.42. The number of benzene rings is 1. The summed E-state index contributed by atoms with van der Waals surface area (Å²) in [5.41, 5.74) is -0.338. The summed E-state index contributed by atoms with van der Waals surface area (Å²) in [4.78, 5) is 8.30. The largest absolute Gasteiger partial charge is 0.418 e. The van der Waals surface area contributed by atoms with Gasteiger partial charge < -0.3 is 15.2 Å². The minimum absolute atomic E-state index is 0.0411. The molecule has 25 heavy (non-hydrogen) atoms. The van der Waals surface area contributed by atoms with Crippen molar-refractivity contribution in [1.29, 1.82) is 0 Å². The van der Waals surface area contributed by atoms with Gasteiger partial charge in [-0.05, 0) is 26.0 Å². The second-order valence-corrected chi connectivity index (χ2v) is 5.33. The molecule has 0 radical (unpaired) electrons. The van der Waals surface area contributed by atoms with E-state index >= 15 is 0 Å². The maximum Gasteiger partial charge on any atom is 0.418 e. The van der Waals surface area contributed by atoms with Gasteiger partial charge in [-0.1, -0.05) is 17.3 Å². The molecule has 0 spiro atoms. The first kappa shape index (κ1) is 16.7. The van der Waals surface area contributed by atoms with Gasteiger partial charge in [0, 0.05) is 17.8 Å². The van der Waals surface area contributed by atoms with Crippen LogP contribution in [-0.2, 0) is 6.18 Å². The molecule has 2 N–H and O–H groups in total. The van der Waals surface area contributed by atoms with Crippen LogP contribution in [0.2, 0.25) is 0 Å². The topological polar surface area (TPSA) is 75.9 Å². The highest BCUT2D eigenvalue weighted by Gasteiger charge is 2.33. The van der Waals surface area contributed by atoms with E-state index in [0.717, 1.165) is 6.07 Å². The van der Waals surface area contributed by atoms with E-state index in [4.69, 9.17) is 4.52 Å². The van der Waals surface area contributed by atoms with Crippen molar-refractivity contribution in [2.45, 2.75) is 20.0 Å². The summed E-state index contributed by atoms with van der Waals surface area (Å²) in [7, 11) is 0. The van der Waals surface area contributed by atoms with E-state index in [0.29, 0.717) is 23.1 Å². The van der Waals surface area contributed by atoms with Gasteiger partial charge in [0.2, 0.25) is 5.95 Å². The molecule has 0 unspecified atom stereocenters. The van der Waals surface area contributed by atoms with Gasteiger partial charge in [0.1, 0.15) is 11.6 Å². The van der Waals surface area contributed by atoms with Crippen LogP contribution in [-0.4, -0.2) is 15.1 Å². The highest BCUT2D eigenvalue weighted by Crippen LogP contribution is 2.35. The van der Waals surface area contributed by atoms with Gasteiger partial charge in [0.15, 0.2) is 5.82 Å². The third-order valence-electron chi connectivity index (χ3n) is 3.22. The highest BCUT2D eigenvalue weighted by atomic mass is 19.4. The highest BCUT2D eigenvalue weighted by molar-refractivity contribution is 5.61. The number of rotatable bonds is 4. The number of nitrogens with one attached hydrogen (secondary N) is 2. The van der Waals surface area contributed by atoms with Gasteiger partial charge in [0.05, 0.1) is 11.3 Å². The van der Waals surface area contributed by atoms with Crippen LogP contribution in [0.1, 0.15) is 17.0 Å². The molecular weight excluding hydrogens is 335 g/mol. The molecule has 0 amide bonds. The lowest BCUT2D eigenvalue weighted by Gasteiger charge is -2.14. The third-order valence-corrected chi connectivity index (χ3v) is 3.22. The zero-order chi connectivity index (χ0) is 18.0. The molecule has 0 bridgehead atoms. The Bertz CT molecular complexity index is 891. The maximum absolute atomic E-state index is 13.1. The Hall–Kier alpha value is -3.10. The summed E-state index contributed by atoms with van der Waals surface area (Å²) in [5, 5.41) is 9.33. The second-order valence-electron chi connectivity index (χ2n) is 5.33. The summed E-state index contributed by atoms with van der Waals surface area (Å²) in [6, 6.07) is 8.46. The molecule has 130 valence electrons. The average Bonchev–Trinajstić information content (AvgIpc) is 2.91. The van der Waals surface area contributed by atoms with Crippen molar-refractivity contribution in [1.82, 2.24) is 15.1 Å². The minimum atomic E-state index is -4.48. The van der Waals surface area contributed by atoms with Crippen molar-refractivity contribution in [2.24, 2.45) is 0 Å². The van der Waals surface area contributed by atoms with Gasteiger partial charge in [-0.25, -0.2) is 4.98 Å². The van der Waals surface area contributed by atoms with Crippen LogP contribution in [0, 0.1) is 13.8 Å². The van der Waals surface area contributed by atoms with Crippen molar-refractivity contribution < 1.29 is 17.7 Å². The van der Waals surface area contributed by atoms with E-state index in [1.807, 2.05) is 0 Å². The van der Waals surface area contributed by atoms with Crippen molar-refractivity contribution in [3.05, 3.63) is 53.4 Å². The molecule has 6 nitrogen and oxygen atoms in total. The number of para-hydroxylation sites is 1. The van der Waals surface area contributed by atoms with Gasteiger partial charge in [0.25, 0.3) is 0 Å². The SMILES string of the molecule is Cc1cc(Nc2cc(C)on2)nc(Nc2ccccc2C(F)(F)F)n1. The lowest BCUT2D eigenvalue weighted by Crippen LogP contribution is -2.10. The van der Waals surface area contributed by atoms with Crippen LogP contribution in [0.4, 0.5) is 36.4 Å². The van der Waals surface area contributed by atoms with Crippen molar-refractivity contribution >= 4 is 23.3 Å². The summed E-state index contributed by atoms with van der Waals surface area (Å²) >= 11 is 0. The van der Waals surface area contributed by atoms with Crippen molar-refractivity contribution in [2.75, 3.05) is 10.6 Å². The fourth-order valence-corrected chi connectivity index (χ4v) is 2.20. The van der Waals surface area contributed by atoms with Gasteiger partial charge in [-0.3, -0.25) is 0 Å². The van der Waals surface area contributed by atoms with E-state index in [2.05, 4.69) is 25.8 Å². The first-order valence-electron chi connectivity index (χ1n) is 7.30. The van der Waals surface area contributed by atoms with E-state index in [1.165, 1.54) is 18.2 Å². The predicted molar refractivity (Wildman–Crippen MR) is 86.0 cm³/mol. The molecule has 0 aliphatic carbocycles. The molecule has 0 aliphatic rings. The van der Waals surface area contributed by atoms with Crippen LogP contribution in [0.25, 0.3) is 0 Å². The third kappa shape index (κ3) is 4.06. The zero-order valence-electron chi connectivity index (χ0n) is 13.3. The van der Waals surface area contributed by atoms with Crippen LogP contribution in [0.5, 0.6) is 0 Å². The fourth-order valence-electron chi connectivity index (χ4n) is 2.20. The molecule has 0 aliphatic heterocycles. The molecule has 3 rings (SSSR count). The van der Waals surface area contributed by atoms with Gasteiger partial charge in [-0.15, -0.1) is 0 Å². The Labute approximate surface area is 141 Å². The van der Waals surface area contributed by atoms with Crippen LogP contribution >= 0.6 is 0 Å². The molecule has 1 aromatic carbocycles. The van der Waals surface area contributed by atoms with E-state index in [-0.39, 0.29) is 11.6 Å². The van der Waals surface area contributed by atoms with Crippen molar-refractivity contribution in [3.8, 4) is 0 Å². The Kier molecular flexibility index (Phi) is 4.30. The van der Waals surface area contributed by atoms with Crippen LogP contribution < -0.4 is 10.6 Å². The molecule has 0 atom stereocenters. The molecule has 0 saturated heterocycles. The molecule has 3 aromatic rings. The summed E-state index contributed by atoms with van der Waals surface area (Å²) in [6.07, 6.45) is -4.48. The van der Waals surface area contributed by atoms with Crippen molar-refractivity contribution in [3.63, 3.8) is 0 Å². The average molecular weight is 349 g/mol. The number of nitrogens with zero attached hydrogens (tertiary/aromatic N) is 3. The Balaban J connectivity index is 1.89. The van der Waals surface area contributed by atoms with Gasteiger partial charge in [-0.2, -0.15) is 18.2 Å². The Morgan fingerprint density at radius 3 is 2.40 bits per heavy atom. The number of hydrogen-bond acceptors (Lipinski definition) is 6. The summed E-state index contributed by atoms with van der Waals surface area (Å²) < 4.78 is 44.2. The lowest BCUT2D eigenvalue weighted by molar-refractivity contribution is -0.136. The summed E-state index contributed by atoms with van der Waals surface area (Å²) in [6.45, 7) is 3.45. The first-order chi connectivity index (χ1) is 11.8. The Morgan fingerprint density at radius 1 is 0.960 bits per heavy atom. The van der Waals surface area contributed by atoms with E-state index in [1.54, 1.807) is 26.0 Å². The molecule has 0 fully saturated rings. The van der Waals surface area contributed by atoms with E-state index < -0.39 is 11.7 Å². The van der Waals surface area contributed by atoms with E-state index in [9.17, 15) is 13.2 Å². The number of anilines is 4. The fraction of sp³-hybridized carbons (Fsp3) is 0.188. The Morgan fingerprint density at radius 2 is 1.72 bits per heavy atom. The quantitative estimate of drug-likeness (QED) is 0.718. The molecule has 9 heteroatoms. The zero-order valence-corrected chi connectivity index (χ0v) is 13.3. The summed E-state index contributed by atoms with van der Waals surface area (Å²) in [5.74, 6) is 1.48. The standard InChI is InChI=1S/C16H14F3N5O/c1-9-7-13(22-14-8-10(2)25-24-14)23-15(20-9)21-12-6-4-3-5-11(12)16(17,18)19/h3-8H,1-2H3,(H2,20,21,22,23,24). The molecule has 2 aromatic heterocycles. The smallest absolute Gasteiger partial charge is 0.360 e. The number of aryl methyl sites for hydroxylation is 2. The minimum Gasteiger partial charge on any atom is -0.360 e. The number of aromatic nitrogens is 3. The van der Waals surface area contributed by atoms with Gasteiger partial charge >= 0.3 is 6.18 Å². The number of alkyl halides is 3. The number of halogens is 3. The number of hydrogen-bond donors (Lipinski definition) is 2. The molecule has 0 saturated carbocycles. The predicted octanol–water partition coefficient (Wildman–Crippen LogP) is 4.59. The van der Waals surface area contributed by atoms with Crippen LogP contribution in [0.15, 0.2) is 40.9 Å². The monoisotopic (exact) mass is 349 g/mol. The lowest BCUT2D eigenvalue weighted by atomic mass is 10.1. The van der Waals surface area contributed by atoms with Crippen LogP contribution in [0.3, 0.4) is 0 Å².